The maximum atomic E-state index is 11.8. The monoisotopic (exact) mass is 245 g/mol. The molecule has 0 bridgehead atoms. The molecule has 0 aromatic rings. The molecule has 16 heavy (non-hydrogen) atoms. The van der Waals surface area contributed by atoms with Crippen LogP contribution in [0.4, 0.5) is 0 Å². The molecular formula is C13H24ClNO. The van der Waals surface area contributed by atoms with Gasteiger partial charge < -0.3 is 5.32 Å². The van der Waals surface area contributed by atoms with Crippen molar-refractivity contribution in [2.24, 2.45) is 17.3 Å². The van der Waals surface area contributed by atoms with Crippen LogP contribution in [0.5, 0.6) is 0 Å². The summed E-state index contributed by atoms with van der Waals surface area (Å²) in [6, 6.07) is 0. The SMILES string of the molecule is CC(C)(C)C(=O)NCC1CCCCC1CCl. The lowest BCUT2D eigenvalue weighted by atomic mass is 9.80. The average Bonchev–Trinajstić information content (AvgIpc) is 2.24. The van der Waals surface area contributed by atoms with Crippen LogP contribution in [0, 0.1) is 17.3 Å². The number of halogens is 1. The number of carbonyl (C=O) groups excluding carboxylic acids is 1. The van der Waals surface area contributed by atoms with Gasteiger partial charge >= 0.3 is 0 Å². The highest BCUT2D eigenvalue weighted by molar-refractivity contribution is 6.18. The molecule has 0 spiro atoms. The molecule has 3 heteroatoms. The van der Waals surface area contributed by atoms with E-state index in [0.717, 1.165) is 12.4 Å². The molecule has 2 atom stereocenters. The van der Waals surface area contributed by atoms with E-state index in [1.165, 1.54) is 25.7 Å². The summed E-state index contributed by atoms with van der Waals surface area (Å²) >= 11 is 5.97. The number of alkyl halides is 1. The Hall–Kier alpha value is -0.240. The fraction of sp³-hybridized carbons (Fsp3) is 0.923. The zero-order valence-electron chi connectivity index (χ0n) is 10.7. The lowest BCUT2D eigenvalue weighted by Gasteiger charge is -2.31. The van der Waals surface area contributed by atoms with E-state index in [0.29, 0.717) is 11.8 Å². The molecule has 0 radical (unpaired) electrons. The van der Waals surface area contributed by atoms with E-state index in [1.54, 1.807) is 0 Å². The largest absolute Gasteiger partial charge is 0.355 e. The molecule has 1 saturated carbocycles. The Morgan fingerprint density at radius 3 is 2.31 bits per heavy atom. The van der Waals surface area contributed by atoms with Gasteiger partial charge in [0.1, 0.15) is 0 Å². The zero-order chi connectivity index (χ0) is 12.2. The Bertz CT molecular complexity index is 235. The summed E-state index contributed by atoms with van der Waals surface area (Å²) in [6.07, 6.45) is 5.01. The Balaban J connectivity index is 2.38. The lowest BCUT2D eigenvalue weighted by Crippen LogP contribution is -2.40. The fourth-order valence-electron chi connectivity index (χ4n) is 2.25. The summed E-state index contributed by atoms with van der Waals surface area (Å²) in [5, 5.41) is 3.06. The molecule has 0 aromatic carbocycles. The summed E-state index contributed by atoms with van der Waals surface area (Å²) in [7, 11) is 0. The maximum Gasteiger partial charge on any atom is 0.225 e. The van der Waals surface area contributed by atoms with Gasteiger partial charge in [-0.2, -0.15) is 0 Å². The number of rotatable bonds is 3. The molecule has 1 aliphatic carbocycles. The molecule has 0 heterocycles. The van der Waals surface area contributed by atoms with Gasteiger partial charge in [0, 0.05) is 17.8 Å². The second kappa shape index (κ2) is 5.90. The second-order valence-electron chi connectivity index (χ2n) is 5.92. The quantitative estimate of drug-likeness (QED) is 0.761. The van der Waals surface area contributed by atoms with E-state index < -0.39 is 0 Å². The van der Waals surface area contributed by atoms with Crippen molar-refractivity contribution in [2.45, 2.75) is 46.5 Å². The summed E-state index contributed by atoms with van der Waals surface area (Å²) in [4.78, 5) is 11.8. The minimum atomic E-state index is -0.287. The third-order valence-corrected chi connectivity index (χ3v) is 3.87. The molecule has 0 aliphatic heterocycles. The molecule has 2 nitrogen and oxygen atoms in total. The molecule has 1 aliphatic rings. The molecular weight excluding hydrogens is 222 g/mol. The van der Waals surface area contributed by atoms with Gasteiger partial charge in [-0.25, -0.2) is 0 Å². The normalized spacial score (nSPS) is 26.5. The first-order chi connectivity index (χ1) is 7.45. The maximum absolute atomic E-state index is 11.8. The highest BCUT2D eigenvalue weighted by Gasteiger charge is 2.27. The molecule has 1 N–H and O–H groups in total. The van der Waals surface area contributed by atoms with Crippen molar-refractivity contribution < 1.29 is 4.79 Å². The van der Waals surface area contributed by atoms with Crippen LogP contribution >= 0.6 is 11.6 Å². The Kier molecular flexibility index (Phi) is 5.10. The van der Waals surface area contributed by atoms with Crippen LogP contribution in [-0.2, 0) is 4.79 Å². The van der Waals surface area contributed by atoms with Crippen molar-refractivity contribution in [3.05, 3.63) is 0 Å². The van der Waals surface area contributed by atoms with E-state index in [9.17, 15) is 4.79 Å². The second-order valence-corrected chi connectivity index (χ2v) is 6.23. The average molecular weight is 246 g/mol. The lowest BCUT2D eigenvalue weighted by molar-refractivity contribution is -0.128. The van der Waals surface area contributed by atoms with Crippen molar-refractivity contribution in [2.75, 3.05) is 12.4 Å². The summed E-state index contributed by atoms with van der Waals surface area (Å²) in [5.74, 6) is 2.05. The number of carbonyl (C=O) groups is 1. The van der Waals surface area contributed by atoms with Gasteiger partial charge in [0.05, 0.1) is 0 Å². The van der Waals surface area contributed by atoms with Crippen LogP contribution in [0.1, 0.15) is 46.5 Å². The van der Waals surface area contributed by atoms with E-state index in [1.807, 2.05) is 20.8 Å². The first-order valence-electron chi connectivity index (χ1n) is 6.29. The van der Waals surface area contributed by atoms with Crippen LogP contribution in [0.2, 0.25) is 0 Å². The van der Waals surface area contributed by atoms with Gasteiger partial charge in [-0.15, -0.1) is 11.6 Å². The van der Waals surface area contributed by atoms with Crippen molar-refractivity contribution >= 4 is 17.5 Å². The molecule has 2 unspecified atom stereocenters. The smallest absolute Gasteiger partial charge is 0.225 e. The Morgan fingerprint density at radius 2 is 1.81 bits per heavy atom. The standard InChI is InChI=1S/C13H24ClNO/c1-13(2,3)12(16)15-9-11-7-5-4-6-10(11)8-14/h10-11H,4-9H2,1-3H3,(H,15,16). The Labute approximate surface area is 104 Å². The van der Waals surface area contributed by atoms with Gasteiger partial charge in [0.25, 0.3) is 0 Å². The molecule has 0 aromatic heterocycles. The van der Waals surface area contributed by atoms with E-state index in [2.05, 4.69) is 5.32 Å². The van der Waals surface area contributed by atoms with Crippen LogP contribution in [-0.4, -0.2) is 18.3 Å². The van der Waals surface area contributed by atoms with Crippen LogP contribution in [0.25, 0.3) is 0 Å². The van der Waals surface area contributed by atoms with Gasteiger partial charge in [0.15, 0.2) is 0 Å². The first kappa shape index (κ1) is 13.8. The van der Waals surface area contributed by atoms with Crippen molar-refractivity contribution in [3.8, 4) is 0 Å². The number of amides is 1. The molecule has 1 fully saturated rings. The third-order valence-electron chi connectivity index (χ3n) is 3.47. The number of nitrogens with one attached hydrogen (secondary N) is 1. The Morgan fingerprint density at radius 1 is 1.25 bits per heavy atom. The van der Waals surface area contributed by atoms with Gasteiger partial charge in [0.2, 0.25) is 5.91 Å². The molecule has 0 saturated heterocycles. The highest BCUT2D eigenvalue weighted by Crippen LogP contribution is 2.30. The van der Waals surface area contributed by atoms with E-state index >= 15 is 0 Å². The van der Waals surface area contributed by atoms with Crippen molar-refractivity contribution in [1.82, 2.24) is 5.32 Å². The predicted octanol–water partition coefficient (Wildman–Crippen LogP) is 3.19. The summed E-state index contributed by atoms with van der Waals surface area (Å²) in [6.45, 7) is 6.64. The topological polar surface area (TPSA) is 29.1 Å². The minimum Gasteiger partial charge on any atom is -0.355 e. The third kappa shape index (κ3) is 3.97. The van der Waals surface area contributed by atoms with Crippen LogP contribution < -0.4 is 5.32 Å². The van der Waals surface area contributed by atoms with Gasteiger partial charge in [-0.05, 0) is 24.7 Å². The predicted molar refractivity (Wildman–Crippen MR) is 68.6 cm³/mol. The zero-order valence-corrected chi connectivity index (χ0v) is 11.4. The highest BCUT2D eigenvalue weighted by atomic mass is 35.5. The van der Waals surface area contributed by atoms with Crippen LogP contribution in [0.3, 0.4) is 0 Å². The van der Waals surface area contributed by atoms with E-state index in [-0.39, 0.29) is 11.3 Å². The van der Waals surface area contributed by atoms with Crippen LogP contribution in [0.15, 0.2) is 0 Å². The molecule has 1 amide bonds. The number of hydrogen-bond acceptors (Lipinski definition) is 1. The molecule has 94 valence electrons. The first-order valence-corrected chi connectivity index (χ1v) is 6.83. The minimum absolute atomic E-state index is 0.145. The summed E-state index contributed by atoms with van der Waals surface area (Å²) in [5.41, 5.74) is -0.287. The van der Waals surface area contributed by atoms with Crippen molar-refractivity contribution in [1.29, 1.82) is 0 Å². The van der Waals surface area contributed by atoms with Crippen molar-refractivity contribution in [3.63, 3.8) is 0 Å². The summed E-state index contributed by atoms with van der Waals surface area (Å²) < 4.78 is 0. The fourth-order valence-corrected chi connectivity index (χ4v) is 2.65. The molecule has 1 rings (SSSR count). The van der Waals surface area contributed by atoms with E-state index in [4.69, 9.17) is 11.6 Å². The van der Waals surface area contributed by atoms with Gasteiger partial charge in [-0.1, -0.05) is 33.6 Å². The number of hydrogen-bond donors (Lipinski definition) is 1. The van der Waals surface area contributed by atoms with Gasteiger partial charge in [-0.3, -0.25) is 4.79 Å².